The van der Waals surface area contributed by atoms with Crippen LogP contribution in [0.5, 0.6) is 0 Å². The summed E-state index contributed by atoms with van der Waals surface area (Å²) in [5.74, 6) is 0.167. The number of hydrogen-bond acceptors (Lipinski definition) is 5. The molecular weight excluding hydrogens is 216 g/mol. The smallest absolute Gasteiger partial charge is 0.822 e. The molecule has 0 aliphatic carbocycles. The Balaban J connectivity index is -0.0000000221. The quantitative estimate of drug-likeness (QED) is 0.299. The summed E-state index contributed by atoms with van der Waals surface area (Å²) in [5, 5.41) is 0. The first-order valence-electron chi connectivity index (χ1n) is 1.93. The minimum atomic E-state index is -5.39. The molecule has 5 nitrogen and oxygen atoms in total. The van der Waals surface area contributed by atoms with E-state index in [0.29, 0.717) is 0 Å². The maximum absolute atomic E-state index is 9.44. The van der Waals surface area contributed by atoms with Gasteiger partial charge in [0, 0.05) is 0 Å². The van der Waals surface area contributed by atoms with Gasteiger partial charge < -0.3 is 24.0 Å². The summed E-state index contributed by atoms with van der Waals surface area (Å²) in [4.78, 5) is 35.1. The van der Waals surface area contributed by atoms with Gasteiger partial charge in [-0.25, -0.2) is 0 Å². The van der Waals surface area contributed by atoms with Crippen molar-refractivity contribution in [3.05, 3.63) is 0 Å². The van der Waals surface area contributed by atoms with E-state index in [0.717, 1.165) is 0 Å². The minimum absolute atomic E-state index is 0. The molecule has 12 heavy (non-hydrogen) atoms. The van der Waals surface area contributed by atoms with Gasteiger partial charge in [-0.05, 0) is 13.8 Å². The number of hydrogen-bond donors (Lipinski definition) is 0. The van der Waals surface area contributed by atoms with E-state index in [-0.39, 0.29) is 94.5 Å². The predicted octanol–water partition coefficient (Wildman–Crippen LogP) is -11.2. The Kier molecular flexibility index (Phi) is 39.7. The van der Waals surface area contributed by atoms with Gasteiger partial charge in [-0.1, -0.05) is 0 Å². The van der Waals surface area contributed by atoms with E-state index in [1.807, 2.05) is 0 Å². The number of ketones is 1. The molecule has 9 heteroatoms. The molecule has 0 heterocycles. The third-order valence-corrected chi connectivity index (χ3v) is 0. The summed E-state index contributed by atoms with van der Waals surface area (Å²) in [6.45, 7) is 3.06. The van der Waals surface area contributed by atoms with Crippen LogP contribution >= 0.6 is 7.82 Å². The second-order valence-corrected chi connectivity index (χ2v) is 2.25. The number of rotatable bonds is 0. The van der Waals surface area contributed by atoms with Crippen molar-refractivity contribution in [3.63, 3.8) is 0 Å². The Morgan fingerprint density at radius 2 is 1.00 bits per heavy atom. The molecule has 0 unspecified atom stereocenters. The van der Waals surface area contributed by atoms with E-state index in [1.165, 1.54) is 13.8 Å². The molecule has 56 valence electrons. The van der Waals surface area contributed by atoms with E-state index in [4.69, 9.17) is 19.2 Å². The molecule has 0 amide bonds. The van der Waals surface area contributed by atoms with Crippen LogP contribution in [0, 0.1) is 0 Å². The second kappa shape index (κ2) is 16.2. The monoisotopic (exact) mass is 222 g/mol. The topological polar surface area (TPSA) is 103 Å². The number of phosphoric acid groups is 1. The van der Waals surface area contributed by atoms with Crippen LogP contribution < -0.4 is 103 Å². The fourth-order valence-corrected chi connectivity index (χ4v) is 0. The van der Waals surface area contributed by atoms with E-state index in [2.05, 4.69) is 0 Å². The summed E-state index contributed by atoms with van der Waals surface area (Å²) in [6.07, 6.45) is 0. The van der Waals surface area contributed by atoms with Gasteiger partial charge in [0.05, 0.1) is 0 Å². The predicted molar refractivity (Wildman–Crippen MR) is 24.0 cm³/mol. The van der Waals surface area contributed by atoms with Crippen molar-refractivity contribution >= 4 is 13.6 Å². The van der Waals surface area contributed by atoms with Crippen molar-refractivity contribution in [2.75, 3.05) is 0 Å². The van der Waals surface area contributed by atoms with Crippen LogP contribution in [0.4, 0.5) is 0 Å². The van der Waals surface area contributed by atoms with E-state index in [1.54, 1.807) is 0 Å². The average molecular weight is 222 g/mol. The fraction of sp³-hybridized carbons (Fsp3) is 0.667. The molecule has 0 saturated carbocycles. The Bertz CT molecular complexity index is 122. The Labute approximate surface area is 138 Å². The summed E-state index contributed by atoms with van der Waals surface area (Å²) in [5.41, 5.74) is 0. The first-order chi connectivity index (χ1) is 3.73. The standard InChI is InChI=1S/C3H6O.3Na.H3O4P/c1-3(2)4;;;;1-5(2,3)4/h1-2H3;;;;(H3,1,2,3,4)/q;3*+1;/p-3. The molecule has 0 fully saturated rings. The van der Waals surface area contributed by atoms with Crippen LogP contribution in [0.1, 0.15) is 13.8 Å². The first kappa shape index (κ1) is 29.3. The van der Waals surface area contributed by atoms with Gasteiger partial charge in [0.25, 0.3) is 0 Å². The Morgan fingerprint density at radius 1 is 1.00 bits per heavy atom. The van der Waals surface area contributed by atoms with E-state index in [9.17, 15) is 4.79 Å². The van der Waals surface area contributed by atoms with Gasteiger partial charge in [-0.15, -0.1) is 0 Å². The van der Waals surface area contributed by atoms with Crippen LogP contribution in [-0.2, 0) is 9.36 Å². The zero-order valence-corrected chi connectivity index (χ0v) is 14.9. The molecule has 0 aliphatic heterocycles. The SMILES string of the molecule is CC(C)=O.O=P([O-])([O-])[O-].[Na+].[Na+].[Na+]. The second-order valence-electron chi connectivity index (χ2n) is 1.36. The zero-order chi connectivity index (χ0) is 8.08. The minimum Gasteiger partial charge on any atom is -0.822 e. The largest absolute Gasteiger partial charge is 1.00 e. The van der Waals surface area contributed by atoms with Crippen molar-refractivity contribution in [2.24, 2.45) is 0 Å². The molecule has 0 rings (SSSR count). The van der Waals surface area contributed by atoms with Crippen molar-refractivity contribution < 1.29 is 113 Å². The molecule has 0 aromatic carbocycles. The van der Waals surface area contributed by atoms with Crippen LogP contribution in [0.2, 0.25) is 0 Å². The normalized spacial score (nSPS) is 7.08. The van der Waals surface area contributed by atoms with Crippen molar-refractivity contribution in [2.45, 2.75) is 13.8 Å². The zero-order valence-electron chi connectivity index (χ0n) is 7.99. The number of carbonyl (C=O) groups is 1. The third kappa shape index (κ3) is 229. The third-order valence-electron chi connectivity index (χ3n) is 0. The van der Waals surface area contributed by atoms with Gasteiger partial charge in [-0.3, -0.25) is 0 Å². The van der Waals surface area contributed by atoms with Crippen LogP contribution in [0.15, 0.2) is 0 Å². The number of Topliss-reactive ketones (excluding diaryl/α,β-unsaturated/α-hetero) is 1. The van der Waals surface area contributed by atoms with Crippen molar-refractivity contribution in [1.29, 1.82) is 0 Å². The van der Waals surface area contributed by atoms with Crippen LogP contribution in [0.3, 0.4) is 0 Å². The molecule has 0 atom stereocenters. The van der Waals surface area contributed by atoms with Crippen molar-refractivity contribution in [3.8, 4) is 0 Å². The van der Waals surface area contributed by atoms with Gasteiger partial charge in [0.1, 0.15) is 5.78 Å². The van der Waals surface area contributed by atoms with Crippen LogP contribution in [-0.4, -0.2) is 5.78 Å². The molecule has 0 radical (unpaired) electrons. The maximum atomic E-state index is 9.44. The maximum Gasteiger partial charge on any atom is 1.00 e. The Hall–Kier alpha value is 2.78. The van der Waals surface area contributed by atoms with Gasteiger partial charge in [0.15, 0.2) is 0 Å². The molecule has 0 aliphatic rings. The summed E-state index contributed by atoms with van der Waals surface area (Å²) in [7, 11) is -5.39. The molecule has 0 saturated heterocycles. The van der Waals surface area contributed by atoms with E-state index >= 15 is 0 Å². The van der Waals surface area contributed by atoms with Gasteiger partial charge in [-0.2, -0.15) is 7.82 Å². The Morgan fingerprint density at radius 3 is 1.00 bits per heavy atom. The molecule has 0 spiro atoms. The molecule has 0 N–H and O–H groups in total. The van der Waals surface area contributed by atoms with Gasteiger partial charge in [0.2, 0.25) is 0 Å². The first-order valence-corrected chi connectivity index (χ1v) is 3.40. The summed E-state index contributed by atoms with van der Waals surface area (Å²) in [6, 6.07) is 0. The summed E-state index contributed by atoms with van der Waals surface area (Å²) >= 11 is 0. The van der Waals surface area contributed by atoms with E-state index < -0.39 is 7.82 Å². The van der Waals surface area contributed by atoms with Gasteiger partial charge >= 0.3 is 88.7 Å². The fourth-order valence-electron chi connectivity index (χ4n) is 0. The molecule has 0 aromatic heterocycles. The summed E-state index contributed by atoms with van der Waals surface area (Å²) < 4.78 is 8.55. The van der Waals surface area contributed by atoms with Crippen LogP contribution in [0.25, 0.3) is 0 Å². The molecular formula is C3H6Na3O5P. The molecule has 0 aromatic rings. The molecule has 0 bridgehead atoms. The average Bonchev–Trinajstić information content (AvgIpc) is 1.19. The van der Waals surface area contributed by atoms with Crippen molar-refractivity contribution in [1.82, 2.24) is 0 Å². The number of carbonyl (C=O) groups excluding carboxylic acids is 1.